The summed E-state index contributed by atoms with van der Waals surface area (Å²) in [7, 11) is 1.84. The van der Waals surface area contributed by atoms with Crippen LogP contribution < -0.4 is 20.9 Å². The third-order valence-electron chi connectivity index (χ3n) is 10.3. The van der Waals surface area contributed by atoms with Crippen molar-refractivity contribution < 1.29 is 14.6 Å². The van der Waals surface area contributed by atoms with Crippen molar-refractivity contribution in [2.24, 2.45) is 0 Å². The number of benzene rings is 1. The third kappa shape index (κ3) is 8.88. The Morgan fingerprint density at radius 1 is 0.661 bits per heavy atom. The van der Waals surface area contributed by atoms with Gasteiger partial charge in [0.2, 0.25) is 0 Å². The van der Waals surface area contributed by atoms with Gasteiger partial charge in [-0.25, -0.2) is 29.9 Å². The summed E-state index contributed by atoms with van der Waals surface area (Å²) < 4.78 is 11.6. The molecule has 0 bridgehead atoms. The zero-order valence-electron chi connectivity index (χ0n) is 32.0. The van der Waals surface area contributed by atoms with Crippen LogP contribution in [0.1, 0.15) is 64.9 Å². The summed E-state index contributed by atoms with van der Waals surface area (Å²) in [5, 5.41) is 14.1. The van der Waals surface area contributed by atoms with Crippen LogP contribution in [-0.4, -0.2) is 87.2 Å². The maximum Gasteiger partial charge on any atom is 0.171 e. The predicted molar refractivity (Wildman–Crippen MR) is 216 cm³/mol. The molecule has 3 aliphatic heterocycles. The molecule has 5 aromatic rings. The Kier molecular flexibility index (Phi) is 11.7. The first-order valence-electron chi connectivity index (χ1n) is 18.8. The lowest BCUT2D eigenvalue weighted by Gasteiger charge is -2.39. The van der Waals surface area contributed by atoms with E-state index >= 15 is 0 Å². The van der Waals surface area contributed by atoms with E-state index in [1.165, 1.54) is 0 Å². The molecule has 0 atom stereocenters. The molecule has 3 aliphatic rings. The number of nitrogens with two attached hydrogens (primary N) is 1. The van der Waals surface area contributed by atoms with Crippen molar-refractivity contribution in [3.8, 4) is 23.7 Å². The molecule has 4 N–H and O–H groups in total. The van der Waals surface area contributed by atoms with E-state index in [-0.39, 0.29) is 0 Å². The van der Waals surface area contributed by atoms with Crippen molar-refractivity contribution in [1.29, 1.82) is 0 Å². The van der Waals surface area contributed by atoms with Crippen LogP contribution in [0.15, 0.2) is 79.6 Å². The topological polar surface area (TPSA) is 161 Å². The summed E-state index contributed by atoms with van der Waals surface area (Å²) in [6, 6.07) is 17.3. The molecule has 3 saturated heterocycles. The van der Waals surface area contributed by atoms with E-state index in [0.29, 0.717) is 45.0 Å². The first-order chi connectivity index (χ1) is 27.2. The van der Waals surface area contributed by atoms with Crippen LogP contribution in [0.25, 0.3) is 0 Å². The van der Waals surface area contributed by atoms with E-state index in [1.807, 2.05) is 69.4 Å². The van der Waals surface area contributed by atoms with E-state index in [2.05, 4.69) is 68.7 Å². The summed E-state index contributed by atoms with van der Waals surface area (Å²) in [6.07, 6.45) is 9.52. The largest absolute Gasteiger partial charge is 0.385 e. The molecule has 13 nitrogen and oxygen atoms in total. The minimum Gasteiger partial charge on any atom is -0.385 e. The third-order valence-corrected chi connectivity index (χ3v) is 10.3. The molecule has 0 amide bonds. The lowest BCUT2D eigenvalue weighted by Crippen LogP contribution is -2.45. The second kappa shape index (κ2) is 17.1. The average molecular weight is 751 g/mol. The Bertz CT molecular complexity index is 2220. The Labute approximate surface area is 327 Å². The molecule has 0 saturated carbocycles. The zero-order chi connectivity index (χ0) is 39.0. The number of nitrogen functional groups attached to an aromatic ring is 1. The molecule has 4 aromatic heterocycles. The Morgan fingerprint density at radius 2 is 1.20 bits per heavy atom. The number of hydrogen-bond donors (Lipinski definition) is 3. The number of nitrogens with zero attached hydrogens (tertiary/aromatic N) is 8. The van der Waals surface area contributed by atoms with E-state index in [9.17, 15) is 5.11 Å². The number of nitrogens with one attached hydrogen (secondary N) is 1. The first-order valence-corrected chi connectivity index (χ1v) is 18.8. The van der Waals surface area contributed by atoms with Crippen molar-refractivity contribution in [2.75, 3.05) is 67.3 Å². The Balaban J connectivity index is 0.000000173. The van der Waals surface area contributed by atoms with E-state index in [1.54, 1.807) is 31.1 Å². The molecule has 1 aromatic carbocycles. The van der Waals surface area contributed by atoms with Gasteiger partial charge in [-0.2, -0.15) is 0 Å². The minimum atomic E-state index is -0.799. The maximum absolute atomic E-state index is 11.1. The van der Waals surface area contributed by atoms with Gasteiger partial charge in [-0.05, 0) is 56.5 Å². The van der Waals surface area contributed by atoms with Crippen LogP contribution in [0, 0.1) is 37.5 Å². The summed E-state index contributed by atoms with van der Waals surface area (Å²) in [5.74, 6) is 15.3. The summed E-state index contributed by atoms with van der Waals surface area (Å²) in [5.41, 5.74) is 10.8. The molecule has 7 heterocycles. The van der Waals surface area contributed by atoms with Gasteiger partial charge in [-0.3, -0.25) is 0 Å². The number of aromatic nitrogens is 6. The standard InChI is InChI=1S/C24H25N5O.C19H21N5O2/c1-18-21(10-8-19-9-11-22(25-2)26-16-19)23(28-17-27-18)29-14-12-24(30,13-15-29)20-6-4-3-5-7-20;1-14-16(4-2-15-3-5-17(20)21-12-15)18(23-13-22-14)24-8-6-19(7-9-24)25-10-11-26-19/h3-7,9,11,16-17,30H,12-15H2,1-2H3,(H,25,26);3,5,12-13H,6-11H2,1H3,(H2,20,21). The number of aliphatic hydroxyl groups is 1. The molecule has 0 radical (unpaired) electrons. The predicted octanol–water partition coefficient (Wildman–Crippen LogP) is 4.61. The number of rotatable bonds is 4. The summed E-state index contributed by atoms with van der Waals surface area (Å²) in [6.45, 7) is 8.29. The van der Waals surface area contributed by atoms with Gasteiger partial charge in [0, 0.05) is 69.6 Å². The lowest BCUT2D eigenvalue weighted by atomic mass is 9.84. The van der Waals surface area contributed by atoms with Gasteiger partial charge in [0.1, 0.15) is 35.9 Å². The van der Waals surface area contributed by atoms with Crippen molar-refractivity contribution in [2.45, 2.75) is 50.9 Å². The normalized spacial score (nSPS) is 16.8. The zero-order valence-corrected chi connectivity index (χ0v) is 32.0. The van der Waals surface area contributed by atoms with Crippen LogP contribution in [0.4, 0.5) is 23.3 Å². The van der Waals surface area contributed by atoms with Crippen LogP contribution >= 0.6 is 0 Å². The molecular formula is C43H46N10O3. The van der Waals surface area contributed by atoms with Crippen LogP contribution in [0.3, 0.4) is 0 Å². The highest BCUT2D eigenvalue weighted by molar-refractivity contribution is 5.60. The number of ether oxygens (including phenoxy) is 2. The molecule has 0 aliphatic carbocycles. The van der Waals surface area contributed by atoms with Gasteiger partial charge >= 0.3 is 0 Å². The second-order valence-electron chi connectivity index (χ2n) is 13.9. The number of hydrogen-bond acceptors (Lipinski definition) is 13. The average Bonchev–Trinajstić information content (AvgIpc) is 3.69. The number of aryl methyl sites for hydroxylation is 2. The van der Waals surface area contributed by atoms with Crippen molar-refractivity contribution in [3.05, 3.63) is 119 Å². The molecule has 3 fully saturated rings. The van der Waals surface area contributed by atoms with E-state index < -0.39 is 11.4 Å². The van der Waals surface area contributed by atoms with E-state index in [0.717, 1.165) is 82.6 Å². The quantitative estimate of drug-likeness (QED) is 0.219. The van der Waals surface area contributed by atoms with Crippen LogP contribution in [-0.2, 0) is 15.1 Å². The molecular weight excluding hydrogens is 705 g/mol. The highest BCUT2D eigenvalue weighted by atomic mass is 16.7. The van der Waals surface area contributed by atoms with Gasteiger partial charge in [0.05, 0.1) is 41.3 Å². The monoisotopic (exact) mass is 750 g/mol. The van der Waals surface area contributed by atoms with Gasteiger partial charge in [-0.15, -0.1) is 0 Å². The fourth-order valence-corrected chi connectivity index (χ4v) is 7.03. The molecule has 56 heavy (non-hydrogen) atoms. The van der Waals surface area contributed by atoms with Gasteiger partial charge in [0.25, 0.3) is 0 Å². The molecule has 286 valence electrons. The highest BCUT2D eigenvalue weighted by Crippen LogP contribution is 2.35. The van der Waals surface area contributed by atoms with Gasteiger partial charge < -0.3 is 35.4 Å². The lowest BCUT2D eigenvalue weighted by molar-refractivity contribution is -0.169. The van der Waals surface area contributed by atoms with Gasteiger partial charge in [-0.1, -0.05) is 54.0 Å². The molecule has 1 spiro atoms. The van der Waals surface area contributed by atoms with Crippen LogP contribution in [0.2, 0.25) is 0 Å². The first kappa shape index (κ1) is 38.2. The maximum atomic E-state index is 11.1. The Morgan fingerprint density at radius 3 is 1.70 bits per heavy atom. The fourth-order valence-electron chi connectivity index (χ4n) is 7.03. The minimum absolute atomic E-state index is 0.403. The molecule has 0 unspecified atom stereocenters. The van der Waals surface area contributed by atoms with Crippen molar-refractivity contribution in [3.63, 3.8) is 0 Å². The smallest absolute Gasteiger partial charge is 0.171 e. The van der Waals surface area contributed by atoms with Crippen molar-refractivity contribution >= 4 is 23.3 Å². The number of piperidine rings is 2. The fraction of sp³-hybridized carbons (Fsp3) is 0.349. The van der Waals surface area contributed by atoms with E-state index in [4.69, 9.17) is 15.2 Å². The Hall–Kier alpha value is -6.12. The molecule has 8 rings (SSSR count). The second-order valence-corrected chi connectivity index (χ2v) is 13.9. The number of anilines is 4. The molecule has 13 heteroatoms. The number of pyridine rings is 2. The summed E-state index contributed by atoms with van der Waals surface area (Å²) >= 11 is 0. The van der Waals surface area contributed by atoms with Crippen molar-refractivity contribution in [1.82, 2.24) is 29.9 Å². The van der Waals surface area contributed by atoms with Gasteiger partial charge in [0.15, 0.2) is 5.79 Å². The summed E-state index contributed by atoms with van der Waals surface area (Å²) in [4.78, 5) is 30.5. The SMILES string of the molecule is CNc1ccc(C#Cc2c(C)ncnc2N2CCC(O)(c3ccccc3)CC2)cn1.Cc1ncnc(N2CCC3(CC2)OCCO3)c1C#Cc1ccc(N)nc1. The van der Waals surface area contributed by atoms with Crippen LogP contribution in [0.5, 0.6) is 0 Å². The highest BCUT2D eigenvalue weighted by Gasteiger charge is 2.40.